The van der Waals surface area contributed by atoms with E-state index in [4.69, 9.17) is 13.9 Å². The summed E-state index contributed by atoms with van der Waals surface area (Å²) in [6.45, 7) is 12.4. The van der Waals surface area contributed by atoms with Crippen LogP contribution in [-0.4, -0.2) is 50.6 Å². The maximum absolute atomic E-state index is 13.9. The molecule has 4 aromatic rings. The topological polar surface area (TPSA) is 110 Å². The van der Waals surface area contributed by atoms with Crippen molar-refractivity contribution in [2.24, 2.45) is 0 Å². The zero-order valence-electron chi connectivity index (χ0n) is 27.4. The quantitative estimate of drug-likeness (QED) is 0.150. The van der Waals surface area contributed by atoms with Crippen molar-refractivity contribution in [2.45, 2.75) is 45.1 Å². The highest BCUT2D eigenvalue weighted by Crippen LogP contribution is 2.39. The van der Waals surface area contributed by atoms with Crippen LogP contribution in [0.3, 0.4) is 0 Å². The number of hydrogen-bond donors (Lipinski definition) is 3. The first kappa shape index (κ1) is 34.5. The molecule has 3 aromatic carbocycles. The third kappa shape index (κ3) is 8.95. The molecule has 2 amide bonds. The van der Waals surface area contributed by atoms with E-state index in [9.17, 15) is 18.0 Å². The second-order valence-electron chi connectivity index (χ2n) is 12.8. The summed E-state index contributed by atoms with van der Waals surface area (Å²) >= 11 is 0. The van der Waals surface area contributed by atoms with Gasteiger partial charge >= 0.3 is 12.2 Å². The van der Waals surface area contributed by atoms with Crippen LogP contribution in [0.25, 0.3) is 0 Å². The summed E-state index contributed by atoms with van der Waals surface area (Å²) in [6.07, 6.45) is -3.21. The normalized spacial score (nSPS) is 13.9. The molecule has 48 heavy (non-hydrogen) atoms. The van der Waals surface area contributed by atoms with Crippen LogP contribution >= 0.6 is 0 Å². The van der Waals surface area contributed by atoms with Crippen molar-refractivity contribution >= 4 is 42.9 Å². The first-order valence-corrected chi connectivity index (χ1v) is 18.4. The van der Waals surface area contributed by atoms with Crippen LogP contribution in [0.2, 0.25) is 18.1 Å². The fourth-order valence-corrected chi connectivity index (χ4v) is 5.66. The average molecular weight is 681 g/mol. The van der Waals surface area contributed by atoms with Gasteiger partial charge in [0, 0.05) is 48.0 Å². The van der Waals surface area contributed by atoms with E-state index < -0.39 is 26.1 Å². The van der Waals surface area contributed by atoms with Gasteiger partial charge in [0.05, 0.1) is 18.8 Å². The first-order valence-electron chi connectivity index (χ1n) is 15.4. The first-order chi connectivity index (χ1) is 22.7. The largest absolute Gasteiger partial charge is 0.543 e. The summed E-state index contributed by atoms with van der Waals surface area (Å²) in [5.41, 5.74) is 0.452. The van der Waals surface area contributed by atoms with Crippen LogP contribution in [0.15, 0.2) is 79.1 Å². The van der Waals surface area contributed by atoms with Crippen LogP contribution < -0.4 is 30.0 Å². The molecule has 1 aromatic heterocycles. The Bertz CT molecular complexity index is 1730. The Hall–Kier alpha value is -4.82. The molecule has 1 saturated heterocycles. The molecule has 254 valence electrons. The van der Waals surface area contributed by atoms with Gasteiger partial charge in [-0.2, -0.15) is 13.2 Å². The molecule has 1 fully saturated rings. The standard InChI is InChI=1S/C34H39F3N6O4Si/c1-33(2,3)48(4,5)47-27-8-6-7-24(19-27)40-30-21-31(39-22-38-30)46-26-12-9-23(10-13-26)41-32(44)42-25-11-14-29(28(20-25)34(35,36)37)43-15-17-45-18-16-43/h6-14,19-22H,15-18H2,1-5H3,(H,38,39,40)(H2,41,42,44). The Morgan fingerprint density at radius 1 is 0.854 bits per heavy atom. The minimum Gasteiger partial charge on any atom is -0.543 e. The van der Waals surface area contributed by atoms with Gasteiger partial charge in [0.15, 0.2) is 0 Å². The van der Waals surface area contributed by atoms with Crippen molar-refractivity contribution in [2.75, 3.05) is 47.2 Å². The van der Waals surface area contributed by atoms with Crippen LogP contribution in [-0.2, 0) is 10.9 Å². The zero-order chi connectivity index (χ0) is 34.5. The van der Waals surface area contributed by atoms with Gasteiger partial charge in [-0.1, -0.05) is 26.8 Å². The molecule has 2 heterocycles. The summed E-state index contributed by atoms with van der Waals surface area (Å²) in [6, 6.07) is 18.9. The maximum atomic E-state index is 13.9. The van der Waals surface area contributed by atoms with Gasteiger partial charge in [0.1, 0.15) is 23.6 Å². The predicted molar refractivity (Wildman–Crippen MR) is 183 cm³/mol. The molecule has 0 bridgehead atoms. The van der Waals surface area contributed by atoms with Gasteiger partial charge in [0.25, 0.3) is 0 Å². The Balaban J connectivity index is 1.18. The number of ether oxygens (including phenoxy) is 2. The second-order valence-corrected chi connectivity index (χ2v) is 17.5. The van der Waals surface area contributed by atoms with Crippen molar-refractivity contribution in [3.05, 3.63) is 84.7 Å². The summed E-state index contributed by atoms with van der Waals surface area (Å²) in [5, 5.41) is 8.43. The van der Waals surface area contributed by atoms with Crippen molar-refractivity contribution in [1.29, 1.82) is 0 Å². The van der Waals surface area contributed by atoms with E-state index in [2.05, 4.69) is 59.8 Å². The van der Waals surface area contributed by atoms with Crippen molar-refractivity contribution < 1.29 is 31.9 Å². The third-order valence-electron chi connectivity index (χ3n) is 8.17. The Kier molecular flexibility index (Phi) is 10.1. The van der Waals surface area contributed by atoms with E-state index in [1.807, 2.05) is 24.3 Å². The molecule has 0 aliphatic carbocycles. The Labute approximate surface area is 278 Å². The van der Waals surface area contributed by atoms with Gasteiger partial charge in [0.2, 0.25) is 14.2 Å². The number of urea groups is 1. The number of rotatable bonds is 9. The van der Waals surface area contributed by atoms with Crippen molar-refractivity contribution in [3.8, 4) is 17.4 Å². The molecule has 3 N–H and O–H groups in total. The van der Waals surface area contributed by atoms with E-state index in [0.29, 0.717) is 49.4 Å². The number of nitrogens with one attached hydrogen (secondary N) is 3. The minimum absolute atomic E-state index is 0.0137. The van der Waals surface area contributed by atoms with Gasteiger partial charge in [-0.05, 0) is 72.7 Å². The third-order valence-corrected chi connectivity index (χ3v) is 12.5. The SMILES string of the molecule is CC(C)(C)[Si](C)(C)Oc1cccc(Nc2cc(Oc3ccc(NC(=O)Nc4ccc(N5CCOCC5)c(C(F)(F)F)c4)cc3)ncn2)c1. The highest BCUT2D eigenvalue weighted by atomic mass is 28.4. The number of hydrogen-bond acceptors (Lipinski definition) is 8. The van der Waals surface area contributed by atoms with Crippen LogP contribution in [0.5, 0.6) is 17.4 Å². The van der Waals surface area contributed by atoms with Crippen LogP contribution in [0.1, 0.15) is 26.3 Å². The molecule has 0 spiro atoms. The molecule has 5 rings (SSSR count). The summed E-state index contributed by atoms with van der Waals surface area (Å²) in [5.74, 6) is 2.04. The number of nitrogens with zero attached hydrogens (tertiary/aromatic N) is 3. The number of amides is 2. The lowest BCUT2D eigenvalue weighted by Crippen LogP contribution is -2.43. The number of alkyl halides is 3. The molecule has 14 heteroatoms. The summed E-state index contributed by atoms with van der Waals surface area (Å²) < 4.78 is 59.2. The number of benzene rings is 3. The molecular formula is C34H39F3N6O4Si. The number of aromatic nitrogens is 2. The van der Waals surface area contributed by atoms with Crippen molar-refractivity contribution in [3.63, 3.8) is 0 Å². The zero-order valence-corrected chi connectivity index (χ0v) is 28.4. The monoisotopic (exact) mass is 680 g/mol. The van der Waals surface area contributed by atoms with Crippen LogP contribution in [0, 0.1) is 0 Å². The van der Waals surface area contributed by atoms with Crippen molar-refractivity contribution in [1.82, 2.24) is 9.97 Å². The molecule has 1 aliphatic heterocycles. The number of morpholine rings is 1. The number of anilines is 5. The van der Waals surface area contributed by atoms with Crippen LogP contribution in [0.4, 0.5) is 46.5 Å². The summed E-state index contributed by atoms with van der Waals surface area (Å²) in [4.78, 5) is 22.7. The number of halogens is 3. The molecular weight excluding hydrogens is 641 g/mol. The fourth-order valence-electron chi connectivity index (χ4n) is 4.64. The fraction of sp³-hybridized carbons (Fsp3) is 0.324. The van der Waals surface area contributed by atoms with E-state index in [0.717, 1.165) is 17.5 Å². The molecule has 0 unspecified atom stereocenters. The minimum atomic E-state index is -4.59. The number of carbonyl (C=O) groups is 1. The average Bonchev–Trinajstić information content (AvgIpc) is 3.02. The molecule has 0 atom stereocenters. The van der Waals surface area contributed by atoms with E-state index >= 15 is 0 Å². The van der Waals surface area contributed by atoms with E-state index in [1.165, 1.54) is 18.5 Å². The molecule has 1 aliphatic rings. The molecule has 0 saturated carbocycles. The maximum Gasteiger partial charge on any atom is 0.418 e. The van der Waals surface area contributed by atoms with E-state index in [-0.39, 0.29) is 16.4 Å². The van der Waals surface area contributed by atoms with E-state index in [1.54, 1.807) is 35.2 Å². The van der Waals surface area contributed by atoms with Gasteiger partial charge in [-0.15, -0.1) is 0 Å². The highest BCUT2D eigenvalue weighted by Gasteiger charge is 2.39. The lowest BCUT2D eigenvalue weighted by molar-refractivity contribution is -0.137. The Morgan fingerprint density at radius 2 is 1.54 bits per heavy atom. The second kappa shape index (κ2) is 14.1. The van der Waals surface area contributed by atoms with Gasteiger partial charge in [-0.3, -0.25) is 0 Å². The molecule has 0 radical (unpaired) electrons. The lowest BCUT2D eigenvalue weighted by atomic mass is 10.1. The van der Waals surface area contributed by atoms with Gasteiger partial charge in [-0.25, -0.2) is 14.8 Å². The highest BCUT2D eigenvalue weighted by molar-refractivity contribution is 6.74. The Morgan fingerprint density at radius 3 is 2.23 bits per heavy atom. The smallest absolute Gasteiger partial charge is 0.418 e. The molecule has 10 nitrogen and oxygen atoms in total. The summed E-state index contributed by atoms with van der Waals surface area (Å²) in [7, 11) is -2.00. The predicted octanol–water partition coefficient (Wildman–Crippen LogP) is 8.90. The lowest BCUT2D eigenvalue weighted by Gasteiger charge is -2.36. The number of carbonyl (C=O) groups excluding carboxylic acids is 1. The van der Waals surface area contributed by atoms with Gasteiger partial charge < -0.3 is 34.8 Å².